The highest BCUT2D eigenvalue weighted by Crippen LogP contribution is 2.34. The highest BCUT2D eigenvalue weighted by atomic mass is 19.1. The Hall–Kier alpha value is -2.53. The number of hydrogen-bond donors (Lipinski definition) is 1. The molecule has 2 aromatic rings. The zero-order chi connectivity index (χ0) is 18.1. The number of carbonyl (C=O) groups is 2. The van der Waals surface area contributed by atoms with Crippen LogP contribution in [0.2, 0.25) is 0 Å². The van der Waals surface area contributed by atoms with Gasteiger partial charge in [0.15, 0.2) is 5.78 Å². The topological polar surface area (TPSA) is 49.4 Å². The molecule has 2 aromatic carbocycles. The Bertz CT molecular complexity index is 837. The molecule has 1 aliphatic carbocycles. The highest BCUT2D eigenvalue weighted by Gasteiger charge is 2.35. The molecular weight excluding hydrogens is 331 g/mol. The second kappa shape index (κ2) is 7.00. The summed E-state index contributed by atoms with van der Waals surface area (Å²) >= 11 is 0. The third-order valence-electron chi connectivity index (χ3n) is 5.36. The van der Waals surface area contributed by atoms with Gasteiger partial charge in [-0.05, 0) is 48.1 Å². The maximum atomic E-state index is 13.6. The summed E-state index contributed by atoms with van der Waals surface area (Å²) in [4.78, 5) is 24.9. The van der Waals surface area contributed by atoms with Crippen molar-refractivity contribution in [3.05, 3.63) is 71.0 Å². The van der Waals surface area contributed by atoms with Crippen molar-refractivity contribution in [2.45, 2.75) is 31.1 Å². The Morgan fingerprint density at radius 1 is 1.15 bits per heavy atom. The van der Waals surface area contributed by atoms with Crippen molar-refractivity contribution in [2.24, 2.45) is 0 Å². The minimum atomic E-state index is -0.606. The van der Waals surface area contributed by atoms with Gasteiger partial charge < -0.3 is 0 Å². The van der Waals surface area contributed by atoms with E-state index in [9.17, 15) is 14.0 Å². The third-order valence-corrected chi connectivity index (χ3v) is 5.36. The molecule has 1 amide bonds. The average molecular weight is 352 g/mol. The van der Waals surface area contributed by atoms with E-state index in [0.29, 0.717) is 17.0 Å². The van der Waals surface area contributed by atoms with Crippen LogP contribution in [0.1, 0.15) is 52.6 Å². The van der Waals surface area contributed by atoms with Crippen molar-refractivity contribution >= 4 is 11.7 Å². The van der Waals surface area contributed by atoms with Gasteiger partial charge >= 0.3 is 0 Å². The van der Waals surface area contributed by atoms with Gasteiger partial charge in [0.1, 0.15) is 5.82 Å². The number of nitrogens with one attached hydrogen (secondary N) is 1. The van der Waals surface area contributed by atoms with Gasteiger partial charge in [0.25, 0.3) is 0 Å². The number of nitrogens with zero attached hydrogens (tertiary/aromatic N) is 1. The number of rotatable bonds is 3. The summed E-state index contributed by atoms with van der Waals surface area (Å²) in [7, 11) is 0. The molecule has 0 aromatic heterocycles. The zero-order valence-electron chi connectivity index (χ0n) is 14.5. The van der Waals surface area contributed by atoms with Gasteiger partial charge in [0.05, 0.1) is 5.92 Å². The van der Waals surface area contributed by atoms with Crippen LogP contribution in [0.25, 0.3) is 0 Å². The molecule has 2 unspecified atom stereocenters. The van der Waals surface area contributed by atoms with Crippen molar-refractivity contribution in [2.75, 3.05) is 13.1 Å². The molecule has 26 heavy (non-hydrogen) atoms. The van der Waals surface area contributed by atoms with Crippen LogP contribution in [0.3, 0.4) is 0 Å². The van der Waals surface area contributed by atoms with Crippen molar-refractivity contribution in [1.29, 1.82) is 0 Å². The fraction of sp³-hybridized carbons (Fsp3) is 0.333. The minimum Gasteiger partial charge on any atom is -0.294 e. The number of hydrazine groups is 1. The van der Waals surface area contributed by atoms with Gasteiger partial charge in [-0.3, -0.25) is 15.0 Å². The molecule has 1 N–H and O–H groups in total. The molecule has 2 aliphatic rings. The zero-order valence-corrected chi connectivity index (χ0v) is 14.5. The third kappa shape index (κ3) is 3.27. The maximum absolute atomic E-state index is 13.6. The van der Waals surface area contributed by atoms with Crippen LogP contribution in [0.15, 0.2) is 48.5 Å². The number of ketones is 1. The molecule has 1 saturated heterocycles. The normalized spacial score (nSPS) is 22.9. The van der Waals surface area contributed by atoms with Crippen molar-refractivity contribution in [3.63, 3.8) is 0 Å². The van der Waals surface area contributed by atoms with Crippen LogP contribution < -0.4 is 5.43 Å². The van der Waals surface area contributed by atoms with Crippen molar-refractivity contribution in [1.82, 2.24) is 10.4 Å². The molecule has 2 atom stereocenters. The minimum absolute atomic E-state index is 0.0963. The van der Waals surface area contributed by atoms with Gasteiger partial charge in [-0.15, -0.1) is 0 Å². The first-order valence-corrected chi connectivity index (χ1v) is 9.05. The predicted molar refractivity (Wildman–Crippen MR) is 96.2 cm³/mol. The number of piperidine rings is 1. The Labute approximate surface area is 152 Å². The second-order valence-electron chi connectivity index (χ2n) is 7.08. The molecule has 4 nitrogen and oxygen atoms in total. The Balaban J connectivity index is 1.46. The molecule has 4 rings (SSSR count). The molecule has 0 saturated carbocycles. The highest BCUT2D eigenvalue weighted by molar-refractivity contribution is 6.06. The lowest BCUT2D eigenvalue weighted by atomic mass is 9.91. The summed E-state index contributed by atoms with van der Waals surface area (Å²) in [5.41, 5.74) is 5.20. The van der Waals surface area contributed by atoms with Crippen molar-refractivity contribution < 1.29 is 14.0 Å². The SMILES string of the molecule is O=C1CC(C(=O)NN2CCCC(c3ccccc3)C2)c2cc(F)ccc21. The fourth-order valence-corrected chi connectivity index (χ4v) is 4.02. The summed E-state index contributed by atoms with van der Waals surface area (Å²) in [5.74, 6) is -0.971. The smallest absolute Gasteiger partial charge is 0.242 e. The lowest BCUT2D eigenvalue weighted by Crippen LogP contribution is -2.48. The number of hydrogen-bond acceptors (Lipinski definition) is 3. The lowest BCUT2D eigenvalue weighted by molar-refractivity contribution is -0.127. The van der Waals surface area contributed by atoms with E-state index < -0.39 is 11.7 Å². The quantitative estimate of drug-likeness (QED) is 0.921. The fourth-order valence-electron chi connectivity index (χ4n) is 4.02. The van der Waals surface area contributed by atoms with E-state index in [2.05, 4.69) is 17.6 Å². The van der Waals surface area contributed by atoms with Crippen LogP contribution in [-0.2, 0) is 4.79 Å². The first-order chi connectivity index (χ1) is 12.6. The van der Waals surface area contributed by atoms with Crippen LogP contribution in [0.5, 0.6) is 0 Å². The summed E-state index contributed by atoms with van der Waals surface area (Å²) in [6.07, 6.45) is 2.20. The molecular formula is C21H21FN2O2. The number of Topliss-reactive ketones (excluding diaryl/α,β-unsaturated/α-hetero) is 1. The average Bonchev–Trinajstić information content (AvgIpc) is 2.99. The Morgan fingerprint density at radius 2 is 1.96 bits per heavy atom. The molecule has 1 aliphatic heterocycles. The first kappa shape index (κ1) is 16.9. The van der Waals surface area contributed by atoms with E-state index in [4.69, 9.17) is 0 Å². The Morgan fingerprint density at radius 3 is 2.77 bits per heavy atom. The van der Waals surface area contributed by atoms with Gasteiger partial charge in [0.2, 0.25) is 5.91 Å². The van der Waals surface area contributed by atoms with Gasteiger partial charge in [-0.25, -0.2) is 9.40 Å². The number of benzene rings is 2. The lowest BCUT2D eigenvalue weighted by Gasteiger charge is -2.33. The van der Waals surface area contributed by atoms with E-state index in [1.165, 1.54) is 23.8 Å². The summed E-state index contributed by atoms with van der Waals surface area (Å²) in [6.45, 7) is 1.53. The summed E-state index contributed by atoms with van der Waals surface area (Å²) in [5, 5.41) is 1.94. The summed E-state index contributed by atoms with van der Waals surface area (Å²) in [6, 6.07) is 14.4. The van der Waals surface area contributed by atoms with Crippen molar-refractivity contribution in [3.8, 4) is 0 Å². The number of carbonyl (C=O) groups excluding carboxylic acids is 2. The largest absolute Gasteiger partial charge is 0.294 e. The number of halogens is 1. The maximum Gasteiger partial charge on any atom is 0.242 e. The number of fused-ring (bicyclic) bond motifs is 1. The standard InChI is InChI=1S/C21H21FN2O2/c22-16-8-9-17-18(11-16)19(12-20(17)25)21(26)23-24-10-4-7-15(13-24)14-5-2-1-3-6-14/h1-3,5-6,8-9,11,15,19H,4,7,10,12-13H2,(H,23,26). The molecule has 0 spiro atoms. The monoisotopic (exact) mass is 352 g/mol. The van der Waals surface area contributed by atoms with E-state index >= 15 is 0 Å². The van der Waals surface area contributed by atoms with E-state index in [0.717, 1.165) is 25.9 Å². The van der Waals surface area contributed by atoms with E-state index in [-0.39, 0.29) is 18.1 Å². The molecule has 0 radical (unpaired) electrons. The molecule has 134 valence electrons. The van der Waals surface area contributed by atoms with Crippen LogP contribution in [0, 0.1) is 5.82 Å². The van der Waals surface area contributed by atoms with Gasteiger partial charge in [0, 0.05) is 25.1 Å². The number of amides is 1. The predicted octanol–water partition coefficient (Wildman–Crippen LogP) is 3.41. The molecule has 1 fully saturated rings. The molecule has 1 heterocycles. The molecule has 5 heteroatoms. The van der Waals surface area contributed by atoms with E-state index in [1.807, 2.05) is 23.2 Å². The summed E-state index contributed by atoms with van der Waals surface area (Å²) < 4.78 is 13.6. The molecule has 0 bridgehead atoms. The second-order valence-corrected chi connectivity index (χ2v) is 7.08. The van der Waals surface area contributed by atoms with Crippen LogP contribution in [-0.4, -0.2) is 29.8 Å². The van der Waals surface area contributed by atoms with Crippen LogP contribution >= 0.6 is 0 Å². The van der Waals surface area contributed by atoms with Gasteiger partial charge in [-0.1, -0.05) is 30.3 Å². The first-order valence-electron chi connectivity index (χ1n) is 9.05. The van der Waals surface area contributed by atoms with Crippen LogP contribution in [0.4, 0.5) is 4.39 Å². The Kier molecular flexibility index (Phi) is 4.55. The van der Waals surface area contributed by atoms with Gasteiger partial charge in [-0.2, -0.15) is 0 Å². The van der Waals surface area contributed by atoms with E-state index in [1.54, 1.807) is 0 Å².